The number of benzene rings is 4. The summed E-state index contributed by atoms with van der Waals surface area (Å²) in [6.07, 6.45) is 0. The highest BCUT2D eigenvalue weighted by atomic mass is 16.6. The summed E-state index contributed by atoms with van der Waals surface area (Å²) < 4.78 is 17.4. The van der Waals surface area contributed by atoms with Gasteiger partial charge in [0, 0.05) is 17.5 Å². The van der Waals surface area contributed by atoms with E-state index in [-0.39, 0.29) is 29.5 Å². The molecule has 184 valence electrons. The van der Waals surface area contributed by atoms with Gasteiger partial charge in [0.05, 0.1) is 16.7 Å². The first-order chi connectivity index (χ1) is 18.0. The highest BCUT2D eigenvalue weighted by molar-refractivity contribution is 6.02. The zero-order chi connectivity index (χ0) is 25.8. The summed E-state index contributed by atoms with van der Waals surface area (Å²) in [5, 5.41) is 16.1. The number of amides is 1. The molecule has 0 bridgehead atoms. The lowest BCUT2D eigenvalue weighted by atomic mass is 10.1. The third kappa shape index (κ3) is 5.43. The number of hydrogen-bond donors (Lipinski definition) is 1. The van der Waals surface area contributed by atoms with Gasteiger partial charge in [-0.3, -0.25) is 14.9 Å². The monoisotopic (exact) mass is 494 g/mol. The molecule has 4 aromatic carbocycles. The summed E-state index contributed by atoms with van der Waals surface area (Å²) in [5.41, 5.74) is 0.853. The molecule has 5 aromatic rings. The predicted octanol–water partition coefficient (Wildman–Crippen LogP) is 7.27. The third-order valence-electron chi connectivity index (χ3n) is 5.69. The van der Waals surface area contributed by atoms with Crippen molar-refractivity contribution in [1.82, 2.24) is 0 Å². The van der Waals surface area contributed by atoms with E-state index in [4.69, 9.17) is 13.9 Å². The fourth-order valence-electron chi connectivity index (χ4n) is 3.86. The zero-order valence-electron chi connectivity index (χ0n) is 19.8. The quantitative estimate of drug-likeness (QED) is 0.180. The summed E-state index contributed by atoms with van der Waals surface area (Å²) in [6, 6.07) is 28.2. The van der Waals surface area contributed by atoms with Gasteiger partial charge < -0.3 is 19.2 Å². The second-order valence-corrected chi connectivity index (χ2v) is 8.33. The van der Waals surface area contributed by atoms with Crippen molar-refractivity contribution < 1.29 is 23.6 Å². The zero-order valence-corrected chi connectivity index (χ0v) is 19.8. The number of hydrogen-bond acceptors (Lipinski definition) is 6. The van der Waals surface area contributed by atoms with Crippen LogP contribution < -0.4 is 14.8 Å². The molecule has 0 saturated heterocycles. The number of nitrogens with zero attached hydrogens (tertiary/aromatic N) is 1. The minimum Gasteiger partial charge on any atom is -0.485 e. The number of rotatable bonds is 8. The maximum atomic E-state index is 12.8. The molecular formula is C29H22N2O6. The van der Waals surface area contributed by atoms with Crippen LogP contribution >= 0.6 is 0 Å². The van der Waals surface area contributed by atoms with Gasteiger partial charge in [0.1, 0.15) is 29.6 Å². The van der Waals surface area contributed by atoms with Crippen molar-refractivity contribution in [2.45, 2.75) is 13.5 Å². The number of furan rings is 1. The Kier molecular flexibility index (Phi) is 6.54. The number of fused-ring (bicyclic) bond motifs is 1. The molecule has 0 radical (unpaired) electrons. The van der Waals surface area contributed by atoms with Crippen LogP contribution in [0, 0.1) is 17.0 Å². The molecule has 37 heavy (non-hydrogen) atoms. The number of nitro benzene ring substituents is 1. The number of ether oxygens (including phenoxy) is 2. The van der Waals surface area contributed by atoms with E-state index >= 15 is 0 Å². The van der Waals surface area contributed by atoms with Crippen LogP contribution in [-0.4, -0.2) is 10.8 Å². The fourth-order valence-corrected chi connectivity index (χ4v) is 3.86. The molecule has 0 atom stereocenters. The Bertz CT molecular complexity index is 1600. The first kappa shape index (κ1) is 23.6. The lowest BCUT2D eigenvalue weighted by molar-refractivity contribution is -0.384. The van der Waals surface area contributed by atoms with Gasteiger partial charge >= 0.3 is 0 Å². The molecule has 5 rings (SSSR count). The summed E-state index contributed by atoms with van der Waals surface area (Å²) in [5.74, 6) is 1.44. The molecule has 0 spiro atoms. The van der Waals surface area contributed by atoms with Crippen LogP contribution in [0.4, 0.5) is 11.4 Å². The molecule has 8 heteroatoms. The van der Waals surface area contributed by atoms with E-state index < -0.39 is 10.8 Å². The average Bonchev–Trinajstić information content (AvgIpc) is 3.38. The number of para-hydroxylation sites is 1. The first-order valence-electron chi connectivity index (χ1n) is 11.5. The number of nitrogens with one attached hydrogen (secondary N) is 1. The van der Waals surface area contributed by atoms with Crippen molar-refractivity contribution in [3.05, 3.63) is 124 Å². The van der Waals surface area contributed by atoms with E-state index in [1.165, 1.54) is 24.3 Å². The van der Waals surface area contributed by atoms with Gasteiger partial charge in [-0.2, -0.15) is 0 Å². The van der Waals surface area contributed by atoms with E-state index in [9.17, 15) is 14.9 Å². The van der Waals surface area contributed by atoms with Crippen LogP contribution in [0.25, 0.3) is 10.8 Å². The maximum absolute atomic E-state index is 12.8. The van der Waals surface area contributed by atoms with Crippen molar-refractivity contribution in [3.8, 4) is 17.2 Å². The lowest BCUT2D eigenvalue weighted by Crippen LogP contribution is -2.11. The Morgan fingerprint density at radius 1 is 0.919 bits per heavy atom. The normalized spacial score (nSPS) is 10.7. The molecule has 1 heterocycles. The Labute approximate surface area is 212 Å². The number of anilines is 1. The molecule has 0 unspecified atom stereocenters. The molecule has 0 saturated carbocycles. The van der Waals surface area contributed by atoms with Crippen LogP contribution in [0.1, 0.15) is 21.9 Å². The predicted molar refractivity (Wildman–Crippen MR) is 139 cm³/mol. The van der Waals surface area contributed by atoms with Gasteiger partial charge in [-0.25, -0.2) is 0 Å². The first-order valence-corrected chi connectivity index (χ1v) is 11.5. The summed E-state index contributed by atoms with van der Waals surface area (Å²) >= 11 is 0. The van der Waals surface area contributed by atoms with E-state index in [0.29, 0.717) is 17.3 Å². The van der Waals surface area contributed by atoms with E-state index in [1.807, 2.05) is 61.5 Å². The minimum absolute atomic E-state index is 0.0457. The van der Waals surface area contributed by atoms with Gasteiger partial charge in [-0.05, 0) is 42.1 Å². The molecule has 1 aromatic heterocycles. The molecule has 1 N–H and O–H groups in total. The minimum atomic E-state index is -0.557. The van der Waals surface area contributed by atoms with Crippen LogP contribution in [-0.2, 0) is 6.61 Å². The summed E-state index contributed by atoms with van der Waals surface area (Å²) in [6.45, 7) is 2.00. The molecule has 0 aliphatic rings. The van der Waals surface area contributed by atoms with Crippen molar-refractivity contribution in [2.75, 3.05) is 5.32 Å². The van der Waals surface area contributed by atoms with E-state index in [2.05, 4.69) is 5.32 Å². The van der Waals surface area contributed by atoms with E-state index in [0.717, 1.165) is 16.3 Å². The van der Waals surface area contributed by atoms with Gasteiger partial charge in [-0.1, -0.05) is 54.6 Å². The SMILES string of the molecule is Cc1ccccc1Oc1cc(NC(=O)c2ccc(COc3cccc4ccccc34)o2)cc([N+](=O)[O-])c1. The molecule has 1 amide bonds. The average molecular weight is 495 g/mol. The van der Waals surface area contributed by atoms with Crippen molar-refractivity contribution in [2.24, 2.45) is 0 Å². The van der Waals surface area contributed by atoms with Crippen molar-refractivity contribution in [1.29, 1.82) is 0 Å². The number of carbonyl (C=O) groups excluding carboxylic acids is 1. The van der Waals surface area contributed by atoms with Crippen molar-refractivity contribution in [3.63, 3.8) is 0 Å². The van der Waals surface area contributed by atoms with E-state index in [1.54, 1.807) is 18.2 Å². The number of carbonyl (C=O) groups is 1. The summed E-state index contributed by atoms with van der Waals surface area (Å²) in [7, 11) is 0. The lowest BCUT2D eigenvalue weighted by Gasteiger charge is -2.10. The highest BCUT2D eigenvalue weighted by Gasteiger charge is 2.17. The smallest absolute Gasteiger partial charge is 0.291 e. The van der Waals surface area contributed by atoms with Gasteiger partial charge in [0.15, 0.2) is 5.76 Å². The third-order valence-corrected chi connectivity index (χ3v) is 5.69. The van der Waals surface area contributed by atoms with Gasteiger partial charge in [-0.15, -0.1) is 0 Å². The number of nitro groups is 1. The topological polar surface area (TPSA) is 104 Å². The molecule has 0 aliphatic heterocycles. The molecular weight excluding hydrogens is 472 g/mol. The number of non-ortho nitro benzene ring substituents is 1. The summed E-state index contributed by atoms with van der Waals surface area (Å²) in [4.78, 5) is 23.7. The molecule has 8 nitrogen and oxygen atoms in total. The van der Waals surface area contributed by atoms with Crippen LogP contribution in [0.2, 0.25) is 0 Å². The number of aryl methyl sites for hydroxylation is 1. The van der Waals surface area contributed by atoms with Gasteiger partial charge in [0.2, 0.25) is 0 Å². The standard InChI is InChI=1S/C29H22N2O6/c1-19-7-2-5-11-26(19)37-24-16-21(15-22(17-24)31(33)34)30-29(32)28-14-13-23(36-28)18-35-27-12-6-9-20-8-3-4-10-25(20)27/h2-17H,18H2,1H3,(H,30,32). The Balaban J connectivity index is 1.30. The Morgan fingerprint density at radius 2 is 1.68 bits per heavy atom. The fraction of sp³-hybridized carbons (Fsp3) is 0.0690. The van der Waals surface area contributed by atoms with Crippen molar-refractivity contribution >= 4 is 28.1 Å². The van der Waals surface area contributed by atoms with Crippen LogP contribution in [0.5, 0.6) is 17.2 Å². The second kappa shape index (κ2) is 10.2. The maximum Gasteiger partial charge on any atom is 0.291 e. The molecule has 0 fully saturated rings. The van der Waals surface area contributed by atoms with Gasteiger partial charge in [0.25, 0.3) is 11.6 Å². The molecule has 0 aliphatic carbocycles. The second-order valence-electron chi connectivity index (χ2n) is 8.33. The largest absolute Gasteiger partial charge is 0.485 e. The van der Waals surface area contributed by atoms with Crippen LogP contribution in [0.3, 0.4) is 0 Å². The van der Waals surface area contributed by atoms with Crippen LogP contribution in [0.15, 0.2) is 101 Å². The Morgan fingerprint density at radius 3 is 2.51 bits per heavy atom. The highest BCUT2D eigenvalue weighted by Crippen LogP contribution is 2.31. The Hall–Kier alpha value is -5.11.